The second-order valence-electron chi connectivity index (χ2n) is 7.42. The highest BCUT2D eigenvalue weighted by Gasteiger charge is 2.32. The van der Waals surface area contributed by atoms with Crippen LogP contribution in [-0.4, -0.2) is 53.8 Å². The predicted molar refractivity (Wildman–Crippen MR) is 122 cm³/mol. The number of nitrogens with zero attached hydrogens (tertiary/aromatic N) is 2. The minimum atomic E-state index is -0.517. The van der Waals surface area contributed by atoms with Crippen molar-refractivity contribution in [1.29, 1.82) is 0 Å². The maximum Gasteiger partial charge on any atom is 0.237 e. The molecule has 1 aliphatic heterocycles. The number of rotatable bonds is 10. The molecule has 1 atom stereocenters. The Hall–Kier alpha value is -3.38. The highest BCUT2D eigenvalue weighted by Crippen LogP contribution is 2.23. The van der Waals surface area contributed by atoms with Gasteiger partial charge in [-0.15, -0.1) is 13.2 Å². The SMILES string of the molecule is C=CCN(CC=C)C(=O)CC1C(=O)NCCN1Cc1cccc(Oc2ccccc2)c1. The van der Waals surface area contributed by atoms with Gasteiger partial charge in [0.1, 0.15) is 11.5 Å². The molecular weight excluding hydrogens is 390 g/mol. The van der Waals surface area contributed by atoms with Crippen molar-refractivity contribution in [3.05, 3.63) is 85.5 Å². The van der Waals surface area contributed by atoms with Crippen LogP contribution >= 0.6 is 0 Å². The second-order valence-corrected chi connectivity index (χ2v) is 7.42. The smallest absolute Gasteiger partial charge is 0.237 e. The van der Waals surface area contributed by atoms with Gasteiger partial charge in [0, 0.05) is 32.7 Å². The summed E-state index contributed by atoms with van der Waals surface area (Å²) in [7, 11) is 0. The van der Waals surface area contributed by atoms with Gasteiger partial charge in [0.05, 0.1) is 12.5 Å². The maximum absolute atomic E-state index is 12.8. The number of hydrogen-bond acceptors (Lipinski definition) is 4. The zero-order valence-corrected chi connectivity index (χ0v) is 17.7. The van der Waals surface area contributed by atoms with E-state index in [2.05, 4.69) is 23.4 Å². The third kappa shape index (κ3) is 6.30. The van der Waals surface area contributed by atoms with E-state index in [1.807, 2.05) is 54.6 Å². The summed E-state index contributed by atoms with van der Waals surface area (Å²) in [5.74, 6) is 1.30. The van der Waals surface area contributed by atoms with Crippen molar-refractivity contribution in [2.45, 2.75) is 19.0 Å². The minimum absolute atomic E-state index is 0.0898. The van der Waals surface area contributed by atoms with E-state index < -0.39 is 6.04 Å². The fourth-order valence-corrected chi connectivity index (χ4v) is 3.62. The lowest BCUT2D eigenvalue weighted by atomic mass is 10.1. The third-order valence-corrected chi connectivity index (χ3v) is 5.12. The van der Waals surface area contributed by atoms with E-state index in [0.29, 0.717) is 32.7 Å². The van der Waals surface area contributed by atoms with Crippen LogP contribution in [0.1, 0.15) is 12.0 Å². The van der Waals surface area contributed by atoms with Gasteiger partial charge in [-0.05, 0) is 29.8 Å². The Bertz CT molecular complexity index is 903. The molecule has 0 radical (unpaired) electrons. The highest BCUT2D eigenvalue weighted by molar-refractivity contribution is 5.89. The second kappa shape index (κ2) is 11.1. The van der Waals surface area contributed by atoms with Crippen LogP contribution in [-0.2, 0) is 16.1 Å². The van der Waals surface area contributed by atoms with E-state index in [1.54, 1.807) is 17.1 Å². The Kier molecular flexibility index (Phi) is 8.01. The minimum Gasteiger partial charge on any atom is -0.457 e. The van der Waals surface area contributed by atoms with Crippen molar-refractivity contribution in [1.82, 2.24) is 15.1 Å². The monoisotopic (exact) mass is 419 g/mol. The Morgan fingerprint density at radius 2 is 1.81 bits per heavy atom. The summed E-state index contributed by atoms with van der Waals surface area (Å²) in [6, 6.07) is 16.9. The van der Waals surface area contributed by atoms with Crippen LogP contribution in [0.15, 0.2) is 79.9 Å². The van der Waals surface area contributed by atoms with Crippen molar-refractivity contribution in [3.8, 4) is 11.5 Å². The van der Waals surface area contributed by atoms with Crippen LogP contribution in [0, 0.1) is 0 Å². The molecule has 2 aromatic carbocycles. The molecule has 2 amide bonds. The summed E-state index contributed by atoms with van der Waals surface area (Å²) in [5.41, 5.74) is 1.02. The highest BCUT2D eigenvalue weighted by atomic mass is 16.5. The van der Waals surface area contributed by atoms with E-state index in [4.69, 9.17) is 4.74 Å². The molecular formula is C25H29N3O3. The maximum atomic E-state index is 12.8. The Morgan fingerprint density at radius 1 is 1.10 bits per heavy atom. The zero-order chi connectivity index (χ0) is 22.1. The number of ether oxygens (including phenoxy) is 1. The lowest BCUT2D eigenvalue weighted by molar-refractivity contribution is -0.138. The number of hydrogen-bond donors (Lipinski definition) is 1. The van der Waals surface area contributed by atoms with Gasteiger partial charge in [-0.3, -0.25) is 14.5 Å². The topological polar surface area (TPSA) is 61.9 Å². The van der Waals surface area contributed by atoms with Crippen molar-refractivity contribution < 1.29 is 14.3 Å². The van der Waals surface area contributed by atoms with E-state index in [1.165, 1.54) is 0 Å². The average Bonchev–Trinajstić information content (AvgIpc) is 2.77. The first-order valence-corrected chi connectivity index (χ1v) is 10.4. The summed E-state index contributed by atoms with van der Waals surface area (Å²) < 4.78 is 5.93. The van der Waals surface area contributed by atoms with Gasteiger partial charge in [0.25, 0.3) is 0 Å². The van der Waals surface area contributed by atoms with Crippen LogP contribution in [0.3, 0.4) is 0 Å². The van der Waals surface area contributed by atoms with Gasteiger partial charge in [0.15, 0.2) is 0 Å². The normalized spacial score (nSPS) is 16.3. The predicted octanol–water partition coefficient (Wildman–Crippen LogP) is 3.37. The summed E-state index contributed by atoms with van der Waals surface area (Å²) in [5, 5.41) is 2.88. The van der Waals surface area contributed by atoms with Crippen molar-refractivity contribution >= 4 is 11.8 Å². The molecule has 6 nitrogen and oxygen atoms in total. The molecule has 0 aromatic heterocycles. The molecule has 1 saturated heterocycles. The molecule has 3 rings (SSSR count). The lowest BCUT2D eigenvalue weighted by Gasteiger charge is -2.35. The molecule has 0 saturated carbocycles. The van der Waals surface area contributed by atoms with Crippen LogP contribution in [0.4, 0.5) is 0 Å². The lowest BCUT2D eigenvalue weighted by Crippen LogP contribution is -2.56. The van der Waals surface area contributed by atoms with E-state index in [-0.39, 0.29) is 18.2 Å². The van der Waals surface area contributed by atoms with Crippen molar-refractivity contribution in [2.24, 2.45) is 0 Å². The molecule has 1 N–H and O–H groups in total. The van der Waals surface area contributed by atoms with Gasteiger partial charge in [-0.2, -0.15) is 0 Å². The number of piperazine rings is 1. The van der Waals surface area contributed by atoms with Crippen LogP contribution < -0.4 is 10.1 Å². The van der Waals surface area contributed by atoms with Crippen molar-refractivity contribution in [2.75, 3.05) is 26.2 Å². The molecule has 31 heavy (non-hydrogen) atoms. The number of benzene rings is 2. The summed E-state index contributed by atoms with van der Waals surface area (Å²) in [6.07, 6.45) is 3.48. The molecule has 2 aromatic rings. The fourth-order valence-electron chi connectivity index (χ4n) is 3.62. The number of para-hydroxylation sites is 1. The fraction of sp³-hybridized carbons (Fsp3) is 0.280. The van der Waals surface area contributed by atoms with E-state index in [9.17, 15) is 9.59 Å². The number of carbonyl (C=O) groups is 2. The largest absolute Gasteiger partial charge is 0.457 e. The molecule has 162 valence electrons. The molecule has 0 bridgehead atoms. The van der Waals surface area contributed by atoms with Crippen LogP contribution in [0.25, 0.3) is 0 Å². The molecule has 1 aliphatic rings. The quantitative estimate of drug-likeness (QED) is 0.600. The van der Waals surface area contributed by atoms with Gasteiger partial charge in [0.2, 0.25) is 11.8 Å². The van der Waals surface area contributed by atoms with Crippen LogP contribution in [0.5, 0.6) is 11.5 Å². The Morgan fingerprint density at radius 3 is 2.52 bits per heavy atom. The first-order valence-electron chi connectivity index (χ1n) is 10.4. The summed E-state index contributed by atoms with van der Waals surface area (Å²) in [4.78, 5) is 29.1. The molecule has 1 heterocycles. The van der Waals surface area contributed by atoms with Gasteiger partial charge >= 0.3 is 0 Å². The summed E-state index contributed by atoms with van der Waals surface area (Å²) in [6.45, 7) is 10.1. The molecule has 0 aliphatic carbocycles. The summed E-state index contributed by atoms with van der Waals surface area (Å²) >= 11 is 0. The zero-order valence-electron chi connectivity index (χ0n) is 17.7. The van der Waals surface area contributed by atoms with Gasteiger partial charge in [-0.25, -0.2) is 0 Å². The third-order valence-electron chi connectivity index (χ3n) is 5.12. The van der Waals surface area contributed by atoms with Gasteiger partial charge < -0.3 is 15.0 Å². The number of carbonyl (C=O) groups excluding carboxylic acids is 2. The standard InChI is InChI=1S/C25H29N3O3/c1-3-14-27(15-4-2)24(29)18-23-25(30)26-13-16-28(23)19-20-9-8-12-22(17-20)31-21-10-6-5-7-11-21/h3-12,17,23H,1-2,13-16,18-19H2,(H,26,30). The Labute approximate surface area is 183 Å². The van der Waals surface area contributed by atoms with Gasteiger partial charge in [-0.1, -0.05) is 42.5 Å². The average molecular weight is 420 g/mol. The molecule has 1 fully saturated rings. The number of nitrogens with one attached hydrogen (secondary N) is 1. The molecule has 0 spiro atoms. The van der Waals surface area contributed by atoms with E-state index in [0.717, 1.165) is 17.1 Å². The molecule has 6 heteroatoms. The van der Waals surface area contributed by atoms with Crippen LogP contribution in [0.2, 0.25) is 0 Å². The number of amides is 2. The molecule has 1 unspecified atom stereocenters. The first kappa shape index (κ1) is 22.3. The van der Waals surface area contributed by atoms with E-state index >= 15 is 0 Å². The Balaban J connectivity index is 1.70. The first-order chi connectivity index (χ1) is 15.1. The van der Waals surface area contributed by atoms with Crippen molar-refractivity contribution in [3.63, 3.8) is 0 Å².